The van der Waals surface area contributed by atoms with E-state index in [1.165, 1.54) is 0 Å². The van der Waals surface area contributed by atoms with E-state index in [0.29, 0.717) is 5.88 Å². The van der Waals surface area contributed by atoms with Crippen LogP contribution in [-0.4, -0.2) is 33.6 Å². The van der Waals surface area contributed by atoms with Crippen LogP contribution >= 0.6 is 0 Å². The number of ether oxygens (including phenoxy) is 1. The predicted molar refractivity (Wildman–Crippen MR) is 112 cm³/mol. The Hall–Kier alpha value is -3.06. The van der Waals surface area contributed by atoms with Crippen molar-refractivity contribution in [1.29, 1.82) is 0 Å². The lowest BCUT2D eigenvalue weighted by atomic mass is 10.2. The molecule has 0 atom stereocenters. The van der Waals surface area contributed by atoms with Gasteiger partial charge in [0.1, 0.15) is 5.75 Å². The molecule has 0 amide bonds. The maximum absolute atomic E-state index is 13.2. The van der Waals surface area contributed by atoms with Gasteiger partial charge in [0, 0.05) is 19.2 Å². The summed E-state index contributed by atoms with van der Waals surface area (Å²) in [6, 6.07) is 15.9. The molecule has 1 aliphatic heterocycles. The summed E-state index contributed by atoms with van der Waals surface area (Å²) >= 11 is 0. The number of rotatable bonds is 6. The number of hydrogen-bond donors (Lipinski definition) is 0. The van der Waals surface area contributed by atoms with Crippen molar-refractivity contribution in [3.63, 3.8) is 0 Å². The molecule has 0 unspecified atom stereocenters. The van der Waals surface area contributed by atoms with Gasteiger partial charge in [0.15, 0.2) is 0 Å². The van der Waals surface area contributed by atoms with Gasteiger partial charge in [-0.15, -0.1) is 0 Å². The second kappa shape index (κ2) is 8.13. The molecule has 150 valence electrons. The van der Waals surface area contributed by atoms with Gasteiger partial charge in [-0.05, 0) is 48.7 Å². The van der Waals surface area contributed by atoms with Gasteiger partial charge in [0.05, 0.1) is 12.0 Å². The maximum Gasteiger partial charge on any atom is 0.236 e. The van der Waals surface area contributed by atoms with Crippen LogP contribution in [0, 0.1) is 0 Å². The first-order valence-electron chi connectivity index (χ1n) is 9.46. The molecule has 0 radical (unpaired) electrons. The zero-order valence-corrected chi connectivity index (χ0v) is 16.9. The topological polar surface area (TPSA) is 72.6 Å². The summed E-state index contributed by atoms with van der Waals surface area (Å²) in [5.41, 5.74) is 0.930. The molecule has 1 aliphatic rings. The van der Waals surface area contributed by atoms with Gasteiger partial charge in [-0.1, -0.05) is 30.3 Å². The molecule has 0 N–H and O–H groups in total. The van der Waals surface area contributed by atoms with Crippen molar-refractivity contribution in [3.05, 3.63) is 66.1 Å². The normalized spacial score (nSPS) is 14.6. The van der Waals surface area contributed by atoms with Gasteiger partial charge in [-0.3, -0.25) is 0 Å². The minimum Gasteiger partial charge on any atom is -0.497 e. The minimum atomic E-state index is -3.78. The van der Waals surface area contributed by atoms with Gasteiger partial charge < -0.3 is 14.1 Å². The van der Waals surface area contributed by atoms with Gasteiger partial charge in [0.2, 0.25) is 26.6 Å². The summed E-state index contributed by atoms with van der Waals surface area (Å²) in [5.74, 6) is 1.35. The Morgan fingerprint density at radius 1 is 1.00 bits per heavy atom. The third-order valence-electron chi connectivity index (χ3n) is 4.83. The quantitative estimate of drug-likeness (QED) is 0.604. The Kier molecular flexibility index (Phi) is 5.40. The molecule has 29 heavy (non-hydrogen) atoms. The fourth-order valence-electron chi connectivity index (χ4n) is 3.27. The van der Waals surface area contributed by atoms with Crippen molar-refractivity contribution < 1.29 is 17.6 Å². The van der Waals surface area contributed by atoms with Crippen LogP contribution in [-0.2, 0) is 9.84 Å². The largest absolute Gasteiger partial charge is 0.497 e. The first-order valence-corrected chi connectivity index (χ1v) is 10.9. The maximum atomic E-state index is 13.2. The van der Waals surface area contributed by atoms with Crippen LogP contribution in [0.2, 0.25) is 0 Å². The zero-order chi connectivity index (χ0) is 20.3. The molecule has 4 rings (SSSR count). The molecular formula is C22H22N2O4S. The van der Waals surface area contributed by atoms with E-state index in [-0.39, 0.29) is 15.8 Å². The van der Waals surface area contributed by atoms with Crippen molar-refractivity contribution in [2.75, 3.05) is 25.1 Å². The fraction of sp³-hybridized carbons (Fsp3) is 0.227. The molecule has 6 nitrogen and oxygen atoms in total. The van der Waals surface area contributed by atoms with E-state index in [1.54, 1.807) is 43.5 Å². The van der Waals surface area contributed by atoms with E-state index >= 15 is 0 Å². The lowest BCUT2D eigenvalue weighted by Gasteiger charge is -2.14. The summed E-state index contributed by atoms with van der Waals surface area (Å²) in [6.45, 7) is 1.52. The Bertz CT molecular complexity index is 1100. The third kappa shape index (κ3) is 4.05. The van der Waals surface area contributed by atoms with E-state index in [9.17, 15) is 8.42 Å². The number of sulfone groups is 1. The molecule has 0 saturated carbocycles. The molecule has 0 aliphatic carbocycles. The highest BCUT2D eigenvalue weighted by atomic mass is 32.2. The van der Waals surface area contributed by atoms with Gasteiger partial charge in [-0.25, -0.2) is 8.42 Å². The van der Waals surface area contributed by atoms with Gasteiger partial charge in [-0.2, -0.15) is 4.98 Å². The number of methoxy groups -OCH3 is 1. The van der Waals surface area contributed by atoms with Crippen LogP contribution in [0.1, 0.15) is 24.3 Å². The predicted octanol–water partition coefficient (Wildman–Crippen LogP) is 4.29. The number of benzene rings is 2. The van der Waals surface area contributed by atoms with E-state index in [2.05, 4.69) is 4.98 Å². The van der Waals surface area contributed by atoms with Crippen LogP contribution in [0.3, 0.4) is 0 Å². The lowest BCUT2D eigenvalue weighted by Crippen LogP contribution is -2.19. The van der Waals surface area contributed by atoms with E-state index in [0.717, 1.165) is 37.2 Å². The molecular weight excluding hydrogens is 388 g/mol. The monoisotopic (exact) mass is 410 g/mol. The standard InChI is InChI=1S/C22H22N2O4S/c1-27-18-12-9-17(10-13-18)11-14-20-23-21(22(28-20)24-15-5-6-16-24)29(25,26)19-7-3-2-4-8-19/h2-4,7-14H,5-6,15-16H2,1H3/b14-11+. The van der Waals surface area contributed by atoms with Gasteiger partial charge in [0.25, 0.3) is 0 Å². The third-order valence-corrected chi connectivity index (χ3v) is 6.50. The zero-order valence-electron chi connectivity index (χ0n) is 16.1. The van der Waals surface area contributed by atoms with Crippen LogP contribution in [0.25, 0.3) is 12.2 Å². The highest BCUT2D eigenvalue weighted by Crippen LogP contribution is 2.33. The van der Waals surface area contributed by atoms with Crippen LogP contribution < -0.4 is 9.64 Å². The van der Waals surface area contributed by atoms with E-state index in [4.69, 9.17) is 9.15 Å². The van der Waals surface area contributed by atoms with Crippen molar-refractivity contribution >= 4 is 27.9 Å². The summed E-state index contributed by atoms with van der Waals surface area (Å²) in [7, 11) is -2.16. The van der Waals surface area contributed by atoms with Crippen molar-refractivity contribution in [2.45, 2.75) is 22.8 Å². The van der Waals surface area contributed by atoms with Crippen LogP contribution in [0.4, 0.5) is 5.88 Å². The smallest absolute Gasteiger partial charge is 0.236 e. The minimum absolute atomic E-state index is 0.0278. The second-order valence-corrected chi connectivity index (χ2v) is 8.64. The lowest BCUT2D eigenvalue weighted by molar-refractivity contribution is 0.415. The molecule has 3 aromatic rings. The highest BCUT2D eigenvalue weighted by molar-refractivity contribution is 7.91. The van der Waals surface area contributed by atoms with Crippen molar-refractivity contribution in [2.24, 2.45) is 0 Å². The molecule has 0 spiro atoms. The molecule has 1 fully saturated rings. The molecule has 7 heteroatoms. The number of aromatic nitrogens is 1. The number of anilines is 1. The average Bonchev–Trinajstić information content (AvgIpc) is 3.43. The van der Waals surface area contributed by atoms with Gasteiger partial charge >= 0.3 is 0 Å². The second-order valence-electron chi connectivity index (χ2n) is 6.78. The highest BCUT2D eigenvalue weighted by Gasteiger charge is 2.31. The number of hydrogen-bond acceptors (Lipinski definition) is 6. The van der Waals surface area contributed by atoms with Crippen molar-refractivity contribution in [3.8, 4) is 5.75 Å². The summed E-state index contributed by atoms with van der Waals surface area (Å²) in [4.78, 5) is 6.50. The Morgan fingerprint density at radius 3 is 2.34 bits per heavy atom. The SMILES string of the molecule is COc1ccc(/C=C/c2nc(S(=O)(=O)c3ccccc3)c(N3CCCC3)o2)cc1. The summed E-state index contributed by atoms with van der Waals surface area (Å²) in [5, 5.41) is -0.0278. The number of nitrogens with zero attached hydrogens (tertiary/aromatic N) is 2. The average molecular weight is 410 g/mol. The Labute approximate surface area is 170 Å². The molecule has 1 saturated heterocycles. The Morgan fingerprint density at radius 2 is 1.69 bits per heavy atom. The summed E-state index contributed by atoms with van der Waals surface area (Å²) in [6.07, 6.45) is 5.52. The van der Waals surface area contributed by atoms with E-state index < -0.39 is 9.84 Å². The molecule has 1 aromatic heterocycles. The first-order chi connectivity index (χ1) is 14.1. The first kappa shape index (κ1) is 19.3. The van der Waals surface area contributed by atoms with Crippen molar-refractivity contribution in [1.82, 2.24) is 4.98 Å². The molecule has 2 aromatic carbocycles. The Balaban J connectivity index is 1.71. The summed E-state index contributed by atoms with van der Waals surface area (Å²) < 4.78 is 37.4. The van der Waals surface area contributed by atoms with E-state index in [1.807, 2.05) is 35.2 Å². The number of oxazole rings is 1. The van der Waals surface area contributed by atoms with Crippen LogP contribution in [0.5, 0.6) is 5.75 Å². The molecule has 0 bridgehead atoms. The molecule has 2 heterocycles. The van der Waals surface area contributed by atoms with Crippen LogP contribution in [0.15, 0.2) is 68.9 Å². The fourth-order valence-corrected chi connectivity index (χ4v) is 4.62.